The molecule has 0 N–H and O–H groups in total. The van der Waals surface area contributed by atoms with Gasteiger partial charge in [-0.3, -0.25) is 4.79 Å². The van der Waals surface area contributed by atoms with Gasteiger partial charge in [0.1, 0.15) is 17.1 Å². The normalized spacial score (nSPS) is 11.1. The Bertz CT molecular complexity index is 950. The molecule has 0 spiro atoms. The molecule has 0 aliphatic rings. The summed E-state index contributed by atoms with van der Waals surface area (Å²) in [5.74, 6) is 1.44. The van der Waals surface area contributed by atoms with Crippen LogP contribution in [0.3, 0.4) is 0 Å². The van der Waals surface area contributed by atoms with Crippen molar-refractivity contribution >= 4 is 32.8 Å². The van der Waals surface area contributed by atoms with Gasteiger partial charge < -0.3 is 18.2 Å². The highest BCUT2D eigenvalue weighted by molar-refractivity contribution is 9.10. The summed E-state index contributed by atoms with van der Waals surface area (Å²) in [6.45, 7) is 0.648. The van der Waals surface area contributed by atoms with Crippen LogP contribution >= 0.6 is 15.9 Å². The first-order valence-corrected chi connectivity index (χ1v) is 8.52. The number of carbonyl (C=O) groups is 1. The summed E-state index contributed by atoms with van der Waals surface area (Å²) in [4.78, 5) is 14.6. The molecule has 0 saturated heterocycles. The van der Waals surface area contributed by atoms with Crippen molar-refractivity contribution in [3.05, 3.63) is 82.8 Å². The van der Waals surface area contributed by atoms with Gasteiger partial charge in [0.2, 0.25) is 0 Å². The highest BCUT2D eigenvalue weighted by Gasteiger charge is 2.22. The van der Waals surface area contributed by atoms with Gasteiger partial charge in [0, 0.05) is 5.39 Å². The number of carbonyl (C=O) groups excluding carboxylic acids is 1. The van der Waals surface area contributed by atoms with E-state index in [0.717, 1.165) is 9.86 Å². The Morgan fingerprint density at radius 1 is 0.960 bits per heavy atom. The molecule has 0 fully saturated rings. The maximum absolute atomic E-state index is 13.0. The summed E-state index contributed by atoms with van der Waals surface area (Å²) in [5, 5.41) is 0.869. The molecule has 5 nitrogen and oxygen atoms in total. The Labute approximate surface area is 151 Å². The molecule has 0 saturated carbocycles. The van der Waals surface area contributed by atoms with Crippen molar-refractivity contribution in [3.8, 4) is 0 Å². The van der Waals surface area contributed by atoms with E-state index in [2.05, 4.69) is 15.9 Å². The molecule has 126 valence electrons. The number of fused-ring (bicyclic) bond motifs is 1. The summed E-state index contributed by atoms with van der Waals surface area (Å²) in [5.41, 5.74) is 0.654. The number of rotatable bonds is 5. The molecule has 0 unspecified atom stereocenters. The number of amides is 1. The van der Waals surface area contributed by atoms with Crippen molar-refractivity contribution in [2.75, 3.05) is 0 Å². The third kappa shape index (κ3) is 3.25. The van der Waals surface area contributed by atoms with Crippen molar-refractivity contribution < 1.29 is 18.0 Å². The fraction of sp³-hybridized carbons (Fsp3) is 0.105. The number of hydrogen-bond donors (Lipinski definition) is 0. The number of halogens is 1. The molecule has 0 aliphatic heterocycles. The van der Waals surface area contributed by atoms with Crippen LogP contribution in [0, 0.1) is 0 Å². The number of nitrogens with zero attached hydrogens (tertiary/aromatic N) is 1. The largest absolute Gasteiger partial charge is 0.467 e. The van der Waals surface area contributed by atoms with Gasteiger partial charge in [0.05, 0.1) is 30.1 Å². The Hall–Kier alpha value is -2.73. The van der Waals surface area contributed by atoms with Crippen molar-refractivity contribution in [2.24, 2.45) is 0 Å². The van der Waals surface area contributed by atoms with Gasteiger partial charge in [-0.1, -0.05) is 12.1 Å². The highest BCUT2D eigenvalue weighted by Crippen LogP contribution is 2.28. The van der Waals surface area contributed by atoms with Crippen LogP contribution in [0.15, 0.2) is 78.8 Å². The minimum Gasteiger partial charge on any atom is -0.467 e. The first-order valence-electron chi connectivity index (χ1n) is 7.73. The summed E-state index contributed by atoms with van der Waals surface area (Å²) in [6.07, 6.45) is 3.17. The second-order valence-corrected chi connectivity index (χ2v) is 6.44. The monoisotopic (exact) mass is 399 g/mol. The lowest BCUT2D eigenvalue weighted by Crippen LogP contribution is -2.29. The van der Waals surface area contributed by atoms with Gasteiger partial charge in [0.25, 0.3) is 5.91 Å². The zero-order valence-corrected chi connectivity index (χ0v) is 14.7. The van der Waals surface area contributed by atoms with Crippen LogP contribution in [0.4, 0.5) is 0 Å². The zero-order valence-electron chi connectivity index (χ0n) is 13.1. The molecule has 0 bridgehead atoms. The first kappa shape index (κ1) is 15.8. The highest BCUT2D eigenvalue weighted by atomic mass is 79.9. The fourth-order valence-electron chi connectivity index (χ4n) is 2.67. The quantitative estimate of drug-likeness (QED) is 0.461. The molecular formula is C19H14BrNO4. The molecule has 4 aromatic rings. The predicted octanol–water partition coefficient (Wildman–Crippen LogP) is 5.22. The molecule has 6 heteroatoms. The van der Waals surface area contributed by atoms with Crippen LogP contribution in [-0.4, -0.2) is 10.8 Å². The SMILES string of the molecule is O=C(c1cc2cccc(Br)c2o1)N(Cc1ccco1)Cc1ccco1. The molecule has 0 radical (unpaired) electrons. The second kappa shape index (κ2) is 6.64. The Morgan fingerprint density at radius 3 is 2.20 bits per heavy atom. The van der Waals surface area contributed by atoms with Crippen molar-refractivity contribution in [1.29, 1.82) is 0 Å². The fourth-order valence-corrected chi connectivity index (χ4v) is 3.13. The summed E-state index contributed by atoms with van der Waals surface area (Å²) >= 11 is 3.44. The van der Waals surface area contributed by atoms with Gasteiger partial charge in [-0.2, -0.15) is 0 Å². The summed E-state index contributed by atoms with van der Waals surface area (Å²) in [7, 11) is 0. The van der Waals surface area contributed by atoms with Crippen molar-refractivity contribution in [1.82, 2.24) is 4.90 Å². The Balaban J connectivity index is 1.66. The maximum Gasteiger partial charge on any atom is 0.290 e. The average Bonchev–Trinajstić information content (AvgIpc) is 3.35. The van der Waals surface area contributed by atoms with E-state index in [-0.39, 0.29) is 11.7 Å². The van der Waals surface area contributed by atoms with E-state index >= 15 is 0 Å². The molecule has 1 amide bonds. The van der Waals surface area contributed by atoms with E-state index in [0.29, 0.717) is 30.2 Å². The van der Waals surface area contributed by atoms with Gasteiger partial charge >= 0.3 is 0 Å². The van der Waals surface area contributed by atoms with E-state index in [1.165, 1.54) is 0 Å². The number of hydrogen-bond acceptors (Lipinski definition) is 4. The van der Waals surface area contributed by atoms with Gasteiger partial charge in [-0.15, -0.1) is 0 Å². The van der Waals surface area contributed by atoms with Crippen LogP contribution < -0.4 is 0 Å². The van der Waals surface area contributed by atoms with Gasteiger partial charge in [-0.25, -0.2) is 0 Å². The molecule has 0 atom stereocenters. The Morgan fingerprint density at radius 2 is 1.64 bits per heavy atom. The minimum atomic E-state index is -0.226. The number of furan rings is 3. The molecule has 1 aromatic carbocycles. The third-order valence-corrected chi connectivity index (χ3v) is 4.47. The standard InChI is InChI=1S/C19H14BrNO4/c20-16-7-1-4-13-10-17(25-18(13)16)19(22)21(11-14-5-2-8-23-14)12-15-6-3-9-24-15/h1-10H,11-12H2. The van der Waals surface area contributed by atoms with E-state index in [1.807, 2.05) is 30.3 Å². The van der Waals surface area contributed by atoms with Crippen LogP contribution in [0.5, 0.6) is 0 Å². The van der Waals surface area contributed by atoms with Crippen LogP contribution in [0.2, 0.25) is 0 Å². The number of para-hydroxylation sites is 1. The van der Waals surface area contributed by atoms with Crippen LogP contribution in [-0.2, 0) is 13.1 Å². The third-order valence-electron chi connectivity index (χ3n) is 3.85. The van der Waals surface area contributed by atoms with Gasteiger partial charge in [-0.05, 0) is 52.3 Å². The molecular weight excluding hydrogens is 386 g/mol. The molecule has 3 heterocycles. The predicted molar refractivity (Wildman–Crippen MR) is 94.9 cm³/mol. The van der Waals surface area contributed by atoms with Crippen molar-refractivity contribution in [3.63, 3.8) is 0 Å². The Kier molecular flexibility index (Phi) is 4.19. The summed E-state index contributed by atoms with van der Waals surface area (Å²) in [6, 6.07) is 14.7. The van der Waals surface area contributed by atoms with Crippen LogP contribution in [0.1, 0.15) is 22.1 Å². The lowest BCUT2D eigenvalue weighted by molar-refractivity contribution is 0.0675. The van der Waals surface area contributed by atoms with E-state index < -0.39 is 0 Å². The van der Waals surface area contributed by atoms with E-state index in [9.17, 15) is 4.79 Å². The topological polar surface area (TPSA) is 59.7 Å². The lowest BCUT2D eigenvalue weighted by atomic mass is 10.2. The number of benzene rings is 1. The second-order valence-electron chi connectivity index (χ2n) is 5.59. The smallest absolute Gasteiger partial charge is 0.290 e. The van der Waals surface area contributed by atoms with E-state index in [1.54, 1.807) is 35.6 Å². The molecule has 25 heavy (non-hydrogen) atoms. The maximum atomic E-state index is 13.0. The van der Waals surface area contributed by atoms with Crippen molar-refractivity contribution in [2.45, 2.75) is 13.1 Å². The summed E-state index contributed by atoms with van der Waals surface area (Å²) < 4.78 is 17.4. The zero-order chi connectivity index (χ0) is 17.2. The lowest BCUT2D eigenvalue weighted by Gasteiger charge is -2.19. The minimum absolute atomic E-state index is 0.226. The van der Waals surface area contributed by atoms with Crippen LogP contribution in [0.25, 0.3) is 11.0 Å². The average molecular weight is 400 g/mol. The van der Waals surface area contributed by atoms with Gasteiger partial charge in [0.15, 0.2) is 5.76 Å². The molecule has 4 rings (SSSR count). The first-order chi connectivity index (χ1) is 12.2. The molecule has 0 aliphatic carbocycles. The van der Waals surface area contributed by atoms with E-state index in [4.69, 9.17) is 13.3 Å². The molecule has 3 aromatic heterocycles.